The van der Waals surface area contributed by atoms with Crippen LogP contribution in [-0.2, 0) is 11.3 Å². The summed E-state index contributed by atoms with van der Waals surface area (Å²) < 4.78 is 1.85. The van der Waals surface area contributed by atoms with Crippen molar-refractivity contribution >= 4 is 35.0 Å². The predicted octanol–water partition coefficient (Wildman–Crippen LogP) is 3.74. The highest BCUT2D eigenvalue weighted by molar-refractivity contribution is 7.99. The second kappa shape index (κ2) is 10.7. The van der Waals surface area contributed by atoms with Crippen molar-refractivity contribution in [3.63, 3.8) is 0 Å². The molecular weight excluding hydrogens is 444 g/mol. The van der Waals surface area contributed by atoms with E-state index >= 15 is 0 Å². The fourth-order valence-corrected chi connectivity index (χ4v) is 3.99. The van der Waals surface area contributed by atoms with E-state index < -0.39 is 4.92 Å². The molecule has 0 saturated carbocycles. The number of nitrogens with one attached hydrogen (secondary N) is 2. The molecule has 1 aromatic heterocycles. The van der Waals surface area contributed by atoms with E-state index in [1.165, 1.54) is 36.0 Å². The largest absolute Gasteiger partial charge is 0.342 e. The average Bonchev–Trinajstić information content (AvgIpc) is 3.21. The fraction of sp³-hybridized carbons (Fsp3) is 0.273. The molecule has 11 heteroatoms. The van der Waals surface area contributed by atoms with E-state index in [9.17, 15) is 19.7 Å². The minimum atomic E-state index is -0.499. The van der Waals surface area contributed by atoms with E-state index in [0.717, 1.165) is 5.56 Å². The van der Waals surface area contributed by atoms with Crippen LogP contribution in [0.15, 0.2) is 53.7 Å². The first-order chi connectivity index (χ1) is 15.8. The van der Waals surface area contributed by atoms with E-state index in [0.29, 0.717) is 28.8 Å². The SMILES string of the molecule is CCn1c(SCC(=O)Nc2ccc([N+](=O)[O-])cc2)nnc1[C@H](C)NC(=O)c1ccccc1C. The number of thioether (sulfide) groups is 1. The second-order valence-corrected chi connectivity index (χ2v) is 8.18. The summed E-state index contributed by atoms with van der Waals surface area (Å²) in [6, 6.07) is 12.6. The molecular formula is C22H24N6O4S. The quantitative estimate of drug-likeness (QED) is 0.278. The number of hydrogen-bond acceptors (Lipinski definition) is 7. The number of carbonyl (C=O) groups is 2. The molecule has 0 aliphatic heterocycles. The Labute approximate surface area is 194 Å². The van der Waals surface area contributed by atoms with Crippen LogP contribution in [0.5, 0.6) is 0 Å². The molecule has 0 bridgehead atoms. The fourth-order valence-electron chi connectivity index (χ4n) is 3.18. The third-order valence-corrected chi connectivity index (χ3v) is 5.85. The van der Waals surface area contributed by atoms with Gasteiger partial charge < -0.3 is 15.2 Å². The van der Waals surface area contributed by atoms with Crippen LogP contribution in [0.25, 0.3) is 0 Å². The van der Waals surface area contributed by atoms with Gasteiger partial charge in [-0.25, -0.2) is 0 Å². The topological polar surface area (TPSA) is 132 Å². The highest BCUT2D eigenvalue weighted by atomic mass is 32.2. The molecule has 10 nitrogen and oxygen atoms in total. The molecule has 3 rings (SSSR count). The number of nitrogens with zero attached hydrogens (tertiary/aromatic N) is 4. The molecule has 2 aromatic carbocycles. The highest BCUT2D eigenvalue weighted by Crippen LogP contribution is 2.22. The maximum Gasteiger partial charge on any atom is 0.269 e. The van der Waals surface area contributed by atoms with Crippen LogP contribution < -0.4 is 10.6 Å². The maximum absolute atomic E-state index is 12.6. The summed E-state index contributed by atoms with van der Waals surface area (Å²) in [6.45, 7) is 6.22. The molecule has 3 aromatic rings. The van der Waals surface area contributed by atoms with E-state index in [2.05, 4.69) is 20.8 Å². The van der Waals surface area contributed by atoms with Gasteiger partial charge in [0.15, 0.2) is 11.0 Å². The van der Waals surface area contributed by atoms with Crippen molar-refractivity contribution in [3.8, 4) is 0 Å². The van der Waals surface area contributed by atoms with Gasteiger partial charge in [-0.2, -0.15) is 0 Å². The van der Waals surface area contributed by atoms with Crippen LogP contribution in [0.2, 0.25) is 0 Å². The number of amides is 2. The van der Waals surface area contributed by atoms with Crippen LogP contribution in [0.4, 0.5) is 11.4 Å². The van der Waals surface area contributed by atoms with Gasteiger partial charge in [0.25, 0.3) is 11.6 Å². The molecule has 0 aliphatic rings. The van der Waals surface area contributed by atoms with E-state index in [1.54, 1.807) is 6.07 Å². The molecule has 33 heavy (non-hydrogen) atoms. The molecule has 2 amide bonds. The smallest absolute Gasteiger partial charge is 0.269 e. The van der Waals surface area contributed by atoms with E-state index in [1.807, 2.05) is 43.5 Å². The monoisotopic (exact) mass is 468 g/mol. The second-order valence-electron chi connectivity index (χ2n) is 7.24. The van der Waals surface area contributed by atoms with Crippen LogP contribution in [0.1, 0.15) is 41.6 Å². The van der Waals surface area contributed by atoms with Gasteiger partial charge in [-0.1, -0.05) is 30.0 Å². The van der Waals surface area contributed by atoms with Crippen LogP contribution in [-0.4, -0.2) is 37.3 Å². The number of carbonyl (C=O) groups excluding carboxylic acids is 2. The number of anilines is 1. The summed E-state index contributed by atoms with van der Waals surface area (Å²) in [5.74, 6) is 0.210. The molecule has 2 N–H and O–H groups in total. The number of rotatable bonds is 9. The standard InChI is InChI=1S/C22H24N6O4S/c1-4-27-20(15(3)23-21(30)18-8-6-5-7-14(18)2)25-26-22(27)33-13-19(29)24-16-9-11-17(12-10-16)28(31)32/h5-12,15H,4,13H2,1-3H3,(H,23,30)(H,24,29)/t15-/m0/s1. The van der Waals surface area contributed by atoms with Gasteiger partial charge in [0.2, 0.25) is 5.91 Å². The van der Waals surface area contributed by atoms with Crippen LogP contribution in [0.3, 0.4) is 0 Å². The number of aryl methyl sites for hydroxylation is 1. The third kappa shape index (κ3) is 5.95. The Morgan fingerprint density at radius 1 is 1.15 bits per heavy atom. The Balaban J connectivity index is 1.61. The average molecular weight is 469 g/mol. The molecule has 1 heterocycles. The van der Waals surface area contributed by atoms with Gasteiger partial charge in [0.1, 0.15) is 0 Å². The summed E-state index contributed by atoms with van der Waals surface area (Å²) in [6.07, 6.45) is 0. The molecule has 172 valence electrons. The summed E-state index contributed by atoms with van der Waals surface area (Å²) in [7, 11) is 0. The first kappa shape index (κ1) is 23.9. The minimum Gasteiger partial charge on any atom is -0.342 e. The zero-order valence-corrected chi connectivity index (χ0v) is 19.3. The molecule has 0 spiro atoms. The predicted molar refractivity (Wildman–Crippen MR) is 125 cm³/mol. The van der Waals surface area contributed by atoms with Crippen molar-refractivity contribution in [2.75, 3.05) is 11.1 Å². The molecule has 0 unspecified atom stereocenters. The molecule has 0 saturated heterocycles. The lowest BCUT2D eigenvalue weighted by Gasteiger charge is -2.16. The number of benzene rings is 2. The minimum absolute atomic E-state index is 0.0467. The molecule has 0 aliphatic carbocycles. The van der Waals surface area contributed by atoms with Crippen molar-refractivity contribution in [2.24, 2.45) is 0 Å². The maximum atomic E-state index is 12.6. The number of nitro benzene ring substituents is 1. The van der Waals surface area contributed by atoms with Crippen molar-refractivity contribution in [2.45, 2.75) is 38.5 Å². The lowest BCUT2D eigenvalue weighted by Crippen LogP contribution is -2.29. The normalized spacial score (nSPS) is 11.6. The Morgan fingerprint density at radius 2 is 1.85 bits per heavy atom. The summed E-state index contributed by atoms with van der Waals surface area (Å²) in [5, 5.41) is 25.3. The van der Waals surface area contributed by atoms with Crippen molar-refractivity contribution < 1.29 is 14.5 Å². The van der Waals surface area contributed by atoms with Gasteiger partial charge in [-0.05, 0) is 44.5 Å². The Morgan fingerprint density at radius 3 is 2.48 bits per heavy atom. The first-order valence-electron chi connectivity index (χ1n) is 10.3. The van der Waals surface area contributed by atoms with Gasteiger partial charge >= 0.3 is 0 Å². The van der Waals surface area contributed by atoms with Gasteiger partial charge in [-0.15, -0.1) is 10.2 Å². The summed E-state index contributed by atoms with van der Waals surface area (Å²) >= 11 is 1.22. The summed E-state index contributed by atoms with van der Waals surface area (Å²) in [4.78, 5) is 35.2. The van der Waals surface area contributed by atoms with Gasteiger partial charge in [0.05, 0.1) is 16.7 Å². The number of hydrogen-bond donors (Lipinski definition) is 2. The Kier molecular flexibility index (Phi) is 7.78. The Bertz CT molecular complexity index is 1160. The zero-order chi connectivity index (χ0) is 24.0. The zero-order valence-electron chi connectivity index (χ0n) is 18.4. The third-order valence-electron chi connectivity index (χ3n) is 4.88. The van der Waals surface area contributed by atoms with Crippen LogP contribution in [0, 0.1) is 17.0 Å². The highest BCUT2D eigenvalue weighted by Gasteiger charge is 2.20. The van der Waals surface area contributed by atoms with E-state index in [4.69, 9.17) is 0 Å². The van der Waals surface area contributed by atoms with Gasteiger partial charge in [0, 0.05) is 29.9 Å². The Hall–Kier alpha value is -3.73. The lowest BCUT2D eigenvalue weighted by molar-refractivity contribution is -0.384. The lowest BCUT2D eigenvalue weighted by atomic mass is 10.1. The molecule has 1 atom stereocenters. The number of nitro groups is 1. The number of aromatic nitrogens is 3. The van der Waals surface area contributed by atoms with Gasteiger partial charge in [-0.3, -0.25) is 19.7 Å². The first-order valence-corrected chi connectivity index (χ1v) is 11.3. The molecule has 0 radical (unpaired) electrons. The molecule has 0 fully saturated rings. The van der Waals surface area contributed by atoms with Crippen molar-refractivity contribution in [1.29, 1.82) is 0 Å². The van der Waals surface area contributed by atoms with Crippen molar-refractivity contribution in [3.05, 3.63) is 75.6 Å². The van der Waals surface area contributed by atoms with Crippen molar-refractivity contribution in [1.82, 2.24) is 20.1 Å². The number of non-ortho nitro benzene ring substituents is 1. The van der Waals surface area contributed by atoms with Crippen LogP contribution >= 0.6 is 11.8 Å². The van der Waals surface area contributed by atoms with E-state index in [-0.39, 0.29) is 29.3 Å². The summed E-state index contributed by atoms with van der Waals surface area (Å²) in [5.41, 5.74) is 1.91.